The summed E-state index contributed by atoms with van der Waals surface area (Å²) in [7, 11) is 0. The van der Waals surface area contributed by atoms with E-state index in [1.165, 1.54) is 60.8 Å². The summed E-state index contributed by atoms with van der Waals surface area (Å²) in [5.74, 6) is 0.326. The van der Waals surface area contributed by atoms with Crippen molar-refractivity contribution in [3.63, 3.8) is 0 Å². The molecule has 1 amide bonds. The summed E-state index contributed by atoms with van der Waals surface area (Å²) in [5, 5.41) is 15.8. The van der Waals surface area contributed by atoms with Gasteiger partial charge >= 0.3 is 0 Å². The van der Waals surface area contributed by atoms with Crippen LogP contribution < -0.4 is 10.6 Å². The smallest absolute Gasteiger partial charge is 0.234 e. The summed E-state index contributed by atoms with van der Waals surface area (Å²) >= 11 is 2.97. The van der Waals surface area contributed by atoms with Gasteiger partial charge in [-0.1, -0.05) is 60.1 Å². The summed E-state index contributed by atoms with van der Waals surface area (Å²) in [5.41, 5.74) is 4.31. The molecule has 1 aliphatic rings. The van der Waals surface area contributed by atoms with Gasteiger partial charge in [-0.3, -0.25) is 4.79 Å². The fourth-order valence-corrected chi connectivity index (χ4v) is 5.06. The number of rotatable bonds is 6. The first-order valence-electron chi connectivity index (χ1n) is 9.12. The normalized spacial score (nSPS) is 15.0. The number of anilines is 2. The van der Waals surface area contributed by atoms with Gasteiger partial charge in [-0.15, -0.1) is 10.2 Å². The van der Waals surface area contributed by atoms with Gasteiger partial charge in [0.1, 0.15) is 0 Å². The largest absolute Gasteiger partial charge is 0.357 e. The molecule has 0 spiro atoms. The average Bonchev–Trinajstić information content (AvgIpc) is 3.04. The molecule has 0 bridgehead atoms. The van der Waals surface area contributed by atoms with Crippen molar-refractivity contribution in [2.45, 2.75) is 63.3 Å². The number of carbonyl (C=O) groups is 1. The molecule has 1 aliphatic carbocycles. The molecule has 0 radical (unpaired) electrons. The van der Waals surface area contributed by atoms with Gasteiger partial charge in [0.15, 0.2) is 4.34 Å². The van der Waals surface area contributed by atoms with Gasteiger partial charge in [-0.05, 0) is 44.7 Å². The fourth-order valence-electron chi connectivity index (χ4n) is 3.43. The Hall–Kier alpha value is -1.60. The number of nitrogens with zero attached hydrogens (tertiary/aromatic N) is 2. The first-order valence-corrected chi connectivity index (χ1v) is 10.9. The van der Waals surface area contributed by atoms with Crippen LogP contribution in [0.2, 0.25) is 0 Å². The number of aryl methyl sites for hydroxylation is 3. The Morgan fingerprint density at radius 1 is 1.15 bits per heavy atom. The minimum atomic E-state index is -0.0120. The number of thioether (sulfide) groups is 1. The zero-order valence-electron chi connectivity index (χ0n) is 15.6. The maximum absolute atomic E-state index is 12.3. The highest BCUT2D eigenvalue weighted by Crippen LogP contribution is 2.29. The summed E-state index contributed by atoms with van der Waals surface area (Å²) in [6.45, 7) is 6.11. The molecule has 0 unspecified atom stereocenters. The van der Waals surface area contributed by atoms with E-state index in [1.807, 2.05) is 13.8 Å². The van der Waals surface area contributed by atoms with Crippen molar-refractivity contribution in [3.05, 3.63) is 28.8 Å². The van der Waals surface area contributed by atoms with E-state index in [0.717, 1.165) is 26.3 Å². The Morgan fingerprint density at radius 2 is 1.85 bits per heavy atom. The monoisotopic (exact) mass is 390 g/mol. The van der Waals surface area contributed by atoms with Crippen LogP contribution in [0.25, 0.3) is 0 Å². The van der Waals surface area contributed by atoms with Crippen molar-refractivity contribution in [3.8, 4) is 0 Å². The molecule has 140 valence electrons. The second-order valence-electron chi connectivity index (χ2n) is 6.96. The third-order valence-electron chi connectivity index (χ3n) is 4.61. The van der Waals surface area contributed by atoms with Crippen LogP contribution in [0.4, 0.5) is 10.8 Å². The minimum Gasteiger partial charge on any atom is -0.357 e. The molecule has 2 aromatic rings. The summed E-state index contributed by atoms with van der Waals surface area (Å²) in [6.07, 6.45) is 6.33. The average molecular weight is 391 g/mol. The van der Waals surface area contributed by atoms with Crippen molar-refractivity contribution in [1.82, 2.24) is 10.2 Å². The highest BCUT2D eigenvalue weighted by Gasteiger charge is 2.16. The molecule has 3 rings (SSSR count). The van der Waals surface area contributed by atoms with Crippen LogP contribution in [0.15, 0.2) is 16.5 Å². The number of hydrogen-bond acceptors (Lipinski definition) is 6. The van der Waals surface area contributed by atoms with Gasteiger partial charge < -0.3 is 10.6 Å². The zero-order chi connectivity index (χ0) is 18.5. The second-order valence-corrected chi connectivity index (χ2v) is 9.16. The van der Waals surface area contributed by atoms with E-state index in [4.69, 9.17) is 0 Å². The lowest BCUT2D eigenvalue weighted by Gasteiger charge is -2.21. The number of amides is 1. The van der Waals surface area contributed by atoms with E-state index in [9.17, 15) is 4.79 Å². The van der Waals surface area contributed by atoms with Crippen LogP contribution in [0.5, 0.6) is 0 Å². The van der Waals surface area contributed by atoms with E-state index in [1.54, 1.807) is 0 Å². The molecule has 2 N–H and O–H groups in total. The lowest BCUT2D eigenvalue weighted by molar-refractivity contribution is -0.113. The van der Waals surface area contributed by atoms with Crippen molar-refractivity contribution in [2.24, 2.45) is 0 Å². The molecular formula is C19H26N4OS2. The van der Waals surface area contributed by atoms with Gasteiger partial charge in [-0.2, -0.15) is 0 Å². The van der Waals surface area contributed by atoms with Crippen LogP contribution in [0.1, 0.15) is 48.8 Å². The van der Waals surface area contributed by atoms with E-state index in [0.29, 0.717) is 11.8 Å². The second kappa shape index (κ2) is 8.86. The summed E-state index contributed by atoms with van der Waals surface area (Å²) < 4.78 is 0.829. The first-order chi connectivity index (χ1) is 12.5. The van der Waals surface area contributed by atoms with Crippen LogP contribution in [-0.2, 0) is 4.79 Å². The van der Waals surface area contributed by atoms with Crippen LogP contribution in [0.3, 0.4) is 0 Å². The maximum atomic E-state index is 12.3. The van der Waals surface area contributed by atoms with Gasteiger partial charge in [0.25, 0.3) is 0 Å². The number of carbonyl (C=O) groups excluding carboxylic acids is 1. The first kappa shape index (κ1) is 19.2. The lowest BCUT2D eigenvalue weighted by atomic mass is 9.96. The zero-order valence-corrected chi connectivity index (χ0v) is 17.2. The SMILES string of the molecule is Cc1cc(C)c(NC(=O)CSc2nnc(NC3CCCCC3)s2)c(C)c1. The maximum Gasteiger partial charge on any atom is 0.234 e. The Bertz CT molecular complexity index is 746. The molecule has 5 nitrogen and oxygen atoms in total. The number of nitrogens with one attached hydrogen (secondary N) is 2. The van der Waals surface area contributed by atoms with Crippen molar-refractivity contribution in [2.75, 3.05) is 16.4 Å². The number of aromatic nitrogens is 2. The predicted molar refractivity (Wildman–Crippen MR) is 110 cm³/mol. The van der Waals surface area contributed by atoms with E-state index >= 15 is 0 Å². The third-order valence-corrected chi connectivity index (χ3v) is 6.60. The molecule has 1 fully saturated rings. The molecule has 1 aromatic heterocycles. The topological polar surface area (TPSA) is 66.9 Å². The Morgan fingerprint density at radius 3 is 2.54 bits per heavy atom. The van der Waals surface area contributed by atoms with E-state index in [-0.39, 0.29) is 5.91 Å². The van der Waals surface area contributed by atoms with Crippen LogP contribution in [0, 0.1) is 20.8 Å². The van der Waals surface area contributed by atoms with Gasteiger partial charge in [0.05, 0.1) is 5.75 Å². The molecule has 26 heavy (non-hydrogen) atoms. The van der Waals surface area contributed by atoms with Crippen LogP contribution in [-0.4, -0.2) is 27.9 Å². The molecule has 1 heterocycles. The standard InChI is InChI=1S/C19H26N4OS2/c1-12-9-13(2)17(14(3)10-12)21-16(24)11-25-19-23-22-18(26-19)20-15-7-5-4-6-8-15/h9-10,15H,4-8,11H2,1-3H3,(H,20,22)(H,21,24). The van der Waals surface area contributed by atoms with E-state index < -0.39 is 0 Å². The highest BCUT2D eigenvalue weighted by molar-refractivity contribution is 8.01. The van der Waals surface area contributed by atoms with Gasteiger partial charge in [0, 0.05) is 11.7 Å². The Balaban J connectivity index is 1.50. The minimum absolute atomic E-state index is 0.0120. The van der Waals surface area contributed by atoms with Crippen LogP contribution >= 0.6 is 23.1 Å². The predicted octanol–water partition coefficient (Wildman–Crippen LogP) is 4.94. The number of hydrogen-bond donors (Lipinski definition) is 2. The third kappa shape index (κ3) is 5.20. The fraction of sp³-hybridized carbons (Fsp3) is 0.526. The van der Waals surface area contributed by atoms with Crippen molar-refractivity contribution in [1.29, 1.82) is 0 Å². The van der Waals surface area contributed by atoms with Gasteiger partial charge in [-0.25, -0.2) is 0 Å². The summed E-state index contributed by atoms with van der Waals surface area (Å²) in [6, 6.07) is 4.69. The van der Waals surface area contributed by atoms with Crippen molar-refractivity contribution < 1.29 is 4.79 Å². The van der Waals surface area contributed by atoms with Crippen molar-refractivity contribution >= 4 is 39.8 Å². The summed E-state index contributed by atoms with van der Waals surface area (Å²) in [4.78, 5) is 12.3. The van der Waals surface area contributed by atoms with Gasteiger partial charge in [0.2, 0.25) is 11.0 Å². The molecule has 0 atom stereocenters. The quantitative estimate of drug-likeness (QED) is 0.684. The molecule has 0 saturated heterocycles. The molecule has 1 aromatic carbocycles. The Labute approximate surface area is 163 Å². The molecular weight excluding hydrogens is 364 g/mol. The number of benzene rings is 1. The Kier molecular flexibility index (Phi) is 6.53. The van der Waals surface area contributed by atoms with E-state index in [2.05, 4.69) is 39.9 Å². The molecule has 1 saturated carbocycles. The molecule has 7 heteroatoms. The highest BCUT2D eigenvalue weighted by atomic mass is 32.2. The molecule has 0 aliphatic heterocycles. The lowest BCUT2D eigenvalue weighted by Crippen LogP contribution is -2.21.